The number of carbonyl (C=O) groups is 2. The van der Waals surface area contributed by atoms with E-state index in [1.54, 1.807) is 36.4 Å². The summed E-state index contributed by atoms with van der Waals surface area (Å²) >= 11 is 13.0. The van der Waals surface area contributed by atoms with Crippen LogP contribution in [-0.2, 0) is 11.3 Å². The van der Waals surface area contributed by atoms with E-state index in [1.165, 1.54) is 6.26 Å². The Bertz CT molecular complexity index is 751. The average Bonchev–Trinajstić information content (AvgIpc) is 3.06. The lowest BCUT2D eigenvalue weighted by atomic mass is 10.2. The topological polar surface area (TPSA) is 50.5 Å². The van der Waals surface area contributed by atoms with E-state index in [4.69, 9.17) is 27.6 Å². The maximum absolute atomic E-state index is 12.4. The molecule has 0 bridgehead atoms. The number of carbonyl (C=O) groups excluding carboxylic acids is 2. The number of thioether (sulfide) groups is 1. The zero-order valence-corrected chi connectivity index (χ0v) is 13.4. The first-order valence-electron chi connectivity index (χ1n) is 6.28. The van der Waals surface area contributed by atoms with E-state index in [-0.39, 0.29) is 17.7 Å². The van der Waals surface area contributed by atoms with Crippen LogP contribution in [0.1, 0.15) is 11.3 Å². The van der Waals surface area contributed by atoms with Gasteiger partial charge in [-0.2, -0.15) is 0 Å². The molecule has 0 aliphatic carbocycles. The zero-order valence-electron chi connectivity index (χ0n) is 11.1. The molecule has 0 saturated carbocycles. The summed E-state index contributed by atoms with van der Waals surface area (Å²) in [4.78, 5) is 25.8. The number of nitrogens with zero attached hydrogens (tertiary/aromatic N) is 1. The smallest absolute Gasteiger partial charge is 0.293 e. The first-order chi connectivity index (χ1) is 10.6. The quantitative estimate of drug-likeness (QED) is 0.742. The molecule has 0 N–H and O–H groups in total. The summed E-state index contributed by atoms with van der Waals surface area (Å²) in [6.45, 7) is 0.0403. The third-order valence-electron chi connectivity index (χ3n) is 3.07. The van der Waals surface area contributed by atoms with Crippen LogP contribution in [0.25, 0.3) is 6.08 Å². The molecule has 22 heavy (non-hydrogen) atoms. The van der Waals surface area contributed by atoms with Crippen LogP contribution in [-0.4, -0.2) is 16.0 Å². The Hall–Kier alpha value is -1.69. The predicted octanol–water partition coefficient (Wildman–Crippen LogP) is 4.82. The molecule has 0 atom stereocenters. The van der Waals surface area contributed by atoms with Gasteiger partial charge in [0.15, 0.2) is 0 Å². The SMILES string of the molecule is O=C1S/C(=C\c2ccco2)C(=O)N1Cc1c(Cl)cccc1Cl. The molecule has 0 unspecified atom stereocenters. The highest BCUT2D eigenvalue weighted by Gasteiger charge is 2.35. The number of amides is 2. The standard InChI is InChI=1S/C15H9Cl2NO3S/c16-11-4-1-5-12(17)10(11)8-18-14(19)13(22-15(18)20)7-9-3-2-6-21-9/h1-7H,8H2/b13-7-. The highest BCUT2D eigenvalue weighted by atomic mass is 35.5. The molecule has 1 aromatic heterocycles. The number of hydrogen-bond acceptors (Lipinski definition) is 4. The number of hydrogen-bond donors (Lipinski definition) is 0. The Morgan fingerprint density at radius 1 is 1.14 bits per heavy atom. The number of halogens is 2. The molecule has 2 heterocycles. The van der Waals surface area contributed by atoms with Crippen LogP contribution < -0.4 is 0 Å². The molecule has 2 aromatic rings. The first-order valence-corrected chi connectivity index (χ1v) is 7.85. The molecule has 1 aromatic carbocycles. The second-order valence-corrected chi connectivity index (χ2v) is 6.29. The predicted molar refractivity (Wildman–Crippen MR) is 86.7 cm³/mol. The van der Waals surface area contributed by atoms with Crippen molar-refractivity contribution in [3.05, 3.63) is 62.9 Å². The van der Waals surface area contributed by atoms with Gasteiger partial charge in [0, 0.05) is 21.7 Å². The van der Waals surface area contributed by atoms with Gasteiger partial charge in [-0.1, -0.05) is 29.3 Å². The molecule has 2 amide bonds. The summed E-state index contributed by atoms with van der Waals surface area (Å²) in [5.74, 6) is 0.128. The maximum Gasteiger partial charge on any atom is 0.293 e. The summed E-state index contributed by atoms with van der Waals surface area (Å²) < 4.78 is 5.16. The summed E-state index contributed by atoms with van der Waals surface area (Å²) in [5.41, 5.74) is 0.549. The van der Waals surface area contributed by atoms with E-state index < -0.39 is 0 Å². The van der Waals surface area contributed by atoms with E-state index in [2.05, 4.69) is 0 Å². The Morgan fingerprint density at radius 3 is 2.50 bits per heavy atom. The Kier molecular flexibility index (Phi) is 4.29. The van der Waals surface area contributed by atoms with Crippen LogP contribution in [0, 0.1) is 0 Å². The molecular formula is C15H9Cl2NO3S. The van der Waals surface area contributed by atoms with Gasteiger partial charge in [-0.25, -0.2) is 0 Å². The van der Waals surface area contributed by atoms with E-state index >= 15 is 0 Å². The zero-order chi connectivity index (χ0) is 15.7. The van der Waals surface area contributed by atoms with Gasteiger partial charge >= 0.3 is 0 Å². The fourth-order valence-electron chi connectivity index (χ4n) is 1.98. The van der Waals surface area contributed by atoms with Crippen LogP contribution in [0.4, 0.5) is 4.79 Å². The van der Waals surface area contributed by atoms with Crippen LogP contribution >= 0.6 is 35.0 Å². The lowest BCUT2D eigenvalue weighted by Crippen LogP contribution is -2.27. The molecule has 1 fully saturated rings. The van der Waals surface area contributed by atoms with Gasteiger partial charge in [-0.15, -0.1) is 0 Å². The number of benzene rings is 1. The van der Waals surface area contributed by atoms with Crippen molar-refractivity contribution in [1.29, 1.82) is 0 Å². The highest BCUT2D eigenvalue weighted by Crippen LogP contribution is 2.35. The van der Waals surface area contributed by atoms with Gasteiger partial charge in [-0.3, -0.25) is 14.5 Å². The summed E-state index contributed by atoms with van der Waals surface area (Å²) in [6.07, 6.45) is 3.04. The van der Waals surface area contributed by atoms with E-state index in [0.29, 0.717) is 26.3 Å². The fraction of sp³-hybridized carbons (Fsp3) is 0.0667. The van der Waals surface area contributed by atoms with Crippen LogP contribution in [0.15, 0.2) is 45.9 Å². The average molecular weight is 354 g/mol. The Labute approximate surface area is 140 Å². The molecule has 3 rings (SSSR count). The molecule has 4 nitrogen and oxygen atoms in total. The molecule has 0 radical (unpaired) electrons. The van der Waals surface area contributed by atoms with Crippen molar-refractivity contribution in [2.75, 3.05) is 0 Å². The largest absolute Gasteiger partial charge is 0.465 e. The highest BCUT2D eigenvalue weighted by molar-refractivity contribution is 8.18. The molecule has 112 valence electrons. The van der Waals surface area contributed by atoms with Crippen LogP contribution in [0.3, 0.4) is 0 Å². The summed E-state index contributed by atoms with van der Waals surface area (Å²) in [5, 5.41) is 0.474. The van der Waals surface area contributed by atoms with Gasteiger partial charge in [-0.05, 0) is 36.0 Å². The third-order valence-corrected chi connectivity index (χ3v) is 4.68. The minimum atomic E-state index is -0.387. The van der Waals surface area contributed by atoms with Gasteiger partial charge in [0.05, 0.1) is 17.7 Å². The van der Waals surface area contributed by atoms with Gasteiger partial charge in [0.1, 0.15) is 5.76 Å². The van der Waals surface area contributed by atoms with Crippen molar-refractivity contribution >= 4 is 52.2 Å². The van der Waals surface area contributed by atoms with Crippen molar-refractivity contribution in [3.63, 3.8) is 0 Å². The van der Waals surface area contributed by atoms with Gasteiger partial charge in [0.2, 0.25) is 0 Å². The Morgan fingerprint density at radius 2 is 1.86 bits per heavy atom. The van der Waals surface area contributed by atoms with E-state index in [1.807, 2.05) is 0 Å². The second-order valence-electron chi connectivity index (χ2n) is 4.48. The monoisotopic (exact) mass is 353 g/mol. The number of furan rings is 1. The number of rotatable bonds is 3. The normalized spacial score (nSPS) is 16.8. The lowest BCUT2D eigenvalue weighted by Gasteiger charge is -2.14. The van der Waals surface area contributed by atoms with Gasteiger partial charge < -0.3 is 4.42 Å². The maximum atomic E-state index is 12.4. The van der Waals surface area contributed by atoms with Crippen molar-refractivity contribution < 1.29 is 14.0 Å². The Balaban J connectivity index is 1.86. The molecule has 1 aliphatic heterocycles. The molecule has 1 saturated heterocycles. The van der Waals surface area contributed by atoms with Crippen molar-refractivity contribution in [2.24, 2.45) is 0 Å². The molecule has 7 heteroatoms. The fourth-order valence-corrected chi connectivity index (χ4v) is 3.32. The minimum Gasteiger partial charge on any atom is -0.465 e. The molecular weight excluding hydrogens is 345 g/mol. The first kappa shape index (κ1) is 15.2. The van der Waals surface area contributed by atoms with Crippen molar-refractivity contribution in [3.8, 4) is 0 Å². The van der Waals surface area contributed by atoms with Crippen LogP contribution in [0.5, 0.6) is 0 Å². The number of imide groups is 1. The van der Waals surface area contributed by atoms with Gasteiger partial charge in [0.25, 0.3) is 11.1 Å². The van der Waals surface area contributed by atoms with Crippen molar-refractivity contribution in [2.45, 2.75) is 6.54 Å². The minimum absolute atomic E-state index is 0.0403. The third kappa shape index (κ3) is 2.92. The summed E-state index contributed by atoms with van der Waals surface area (Å²) in [6, 6.07) is 8.46. The van der Waals surface area contributed by atoms with Crippen molar-refractivity contribution in [1.82, 2.24) is 4.90 Å². The second kappa shape index (κ2) is 6.20. The summed E-state index contributed by atoms with van der Waals surface area (Å²) in [7, 11) is 0. The van der Waals surface area contributed by atoms with E-state index in [0.717, 1.165) is 16.7 Å². The van der Waals surface area contributed by atoms with Crippen LogP contribution in [0.2, 0.25) is 10.0 Å². The molecule has 0 spiro atoms. The lowest BCUT2D eigenvalue weighted by molar-refractivity contribution is -0.123. The van der Waals surface area contributed by atoms with E-state index in [9.17, 15) is 9.59 Å². The molecule has 1 aliphatic rings.